The lowest BCUT2D eigenvalue weighted by Crippen LogP contribution is -2.22. The topological polar surface area (TPSA) is 26.3 Å². The number of esters is 1. The van der Waals surface area contributed by atoms with Gasteiger partial charge in [-0.05, 0) is 24.7 Å². The minimum absolute atomic E-state index is 0.100. The first-order chi connectivity index (χ1) is 6.72. The number of carbonyl (C=O) groups excluding carboxylic acids is 1. The molecule has 0 heterocycles. The molecule has 0 atom stereocenters. The number of hydrogen-bond donors (Lipinski definition) is 0. The van der Waals surface area contributed by atoms with Gasteiger partial charge in [-0.25, -0.2) is 0 Å². The molecule has 2 nitrogen and oxygen atoms in total. The minimum atomic E-state index is -0.100. The molecule has 0 unspecified atom stereocenters. The van der Waals surface area contributed by atoms with Crippen LogP contribution in [0, 0.1) is 5.41 Å². The third-order valence-electron chi connectivity index (χ3n) is 3.34. The van der Waals surface area contributed by atoms with Crippen molar-refractivity contribution in [1.82, 2.24) is 0 Å². The van der Waals surface area contributed by atoms with Gasteiger partial charge in [0.15, 0.2) is 0 Å². The normalized spacial score (nSPS) is 20.1. The van der Waals surface area contributed by atoms with Crippen LogP contribution in [0.5, 0.6) is 0 Å². The van der Waals surface area contributed by atoms with E-state index in [1.165, 1.54) is 39.2 Å². The van der Waals surface area contributed by atoms with Crippen LogP contribution >= 0.6 is 0 Å². The number of rotatable bonds is 4. The molecule has 0 aliphatic heterocycles. The van der Waals surface area contributed by atoms with Gasteiger partial charge in [0.2, 0.25) is 0 Å². The molecule has 0 bridgehead atoms. The summed E-state index contributed by atoms with van der Waals surface area (Å²) in [6.45, 7) is 3.91. The molecule has 0 aromatic carbocycles. The highest BCUT2D eigenvalue weighted by molar-refractivity contribution is 5.69. The van der Waals surface area contributed by atoms with E-state index in [9.17, 15) is 4.79 Å². The maximum absolute atomic E-state index is 11.1. The lowest BCUT2D eigenvalue weighted by molar-refractivity contribution is -0.141. The second kappa shape index (κ2) is 5.18. The molecule has 1 saturated carbocycles. The summed E-state index contributed by atoms with van der Waals surface area (Å²) in [5.41, 5.74) is 0.215. The lowest BCUT2D eigenvalue weighted by atomic mass is 9.71. The zero-order valence-electron chi connectivity index (χ0n) is 9.05. The van der Waals surface area contributed by atoms with Gasteiger partial charge in [0, 0.05) is 6.42 Å². The third kappa shape index (κ3) is 2.86. The fraction of sp³-hybridized carbons (Fsp3) is 0.750. The Balaban J connectivity index is 2.43. The Hall–Kier alpha value is -0.790. The maximum atomic E-state index is 11.1. The van der Waals surface area contributed by atoms with Gasteiger partial charge in [-0.15, -0.1) is 6.58 Å². The average Bonchev–Trinajstić information content (AvgIpc) is 2.27. The van der Waals surface area contributed by atoms with E-state index < -0.39 is 0 Å². The Bertz CT molecular complexity index is 202. The molecule has 0 amide bonds. The maximum Gasteiger partial charge on any atom is 0.305 e. The summed E-state index contributed by atoms with van der Waals surface area (Å²) in [7, 11) is 1.45. The second-order valence-electron chi connectivity index (χ2n) is 4.20. The summed E-state index contributed by atoms with van der Waals surface area (Å²) in [4.78, 5) is 11.1. The van der Waals surface area contributed by atoms with E-state index >= 15 is 0 Å². The van der Waals surface area contributed by atoms with Crippen molar-refractivity contribution in [2.45, 2.75) is 44.9 Å². The van der Waals surface area contributed by atoms with Crippen molar-refractivity contribution in [2.24, 2.45) is 5.41 Å². The van der Waals surface area contributed by atoms with Crippen LogP contribution in [0.2, 0.25) is 0 Å². The molecule has 0 radical (unpaired) electrons. The van der Waals surface area contributed by atoms with Crippen molar-refractivity contribution in [3.63, 3.8) is 0 Å². The highest BCUT2D eigenvalue weighted by Crippen LogP contribution is 2.41. The van der Waals surface area contributed by atoms with Crippen molar-refractivity contribution >= 4 is 5.97 Å². The van der Waals surface area contributed by atoms with Crippen LogP contribution in [0.3, 0.4) is 0 Å². The molecule has 0 saturated heterocycles. The summed E-state index contributed by atoms with van der Waals surface area (Å²) < 4.78 is 4.66. The Morgan fingerprint density at radius 1 is 1.43 bits per heavy atom. The number of allylic oxidation sites excluding steroid dienone is 1. The fourth-order valence-corrected chi connectivity index (χ4v) is 2.27. The molecule has 80 valence electrons. The van der Waals surface area contributed by atoms with Gasteiger partial charge in [0.1, 0.15) is 0 Å². The van der Waals surface area contributed by atoms with Crippen molar-refractivity contribution in [3.8, 4) is 0 Å². The Morgan fingerprint density at radius 2 is 2.07 bits per heavy atom. The molecule has 0 aromatic heterocycles. The van der Waals surface area contributed by atoms with Crippen LogP contribution in [0.15, 0.2) is 12.7 Å². The molecule has 0 spiro atoms. The molecule has 14 heavy (non-hydrogen) atoms. The van der Waals surface area contributed by atoms with E-state index in [0.29, 0.717) is 6.42 Å². The van der Waals surface area contributed by atoms with Gasteiger partial charge < -0.3 is 4.74 Å². The van der Waals surface area contributed by atoms with Crippen LogP contribution in [-0.2, 0) is 9.53 Å². The molecule has 1 rings (SSSR count). The second-order valence-corrected chi connectivity index (χ2v) is 4.20. The van der Waals surface area contributed by atoms with Crippen molar-refractivity contribution in [2.75, 3.05) is 7.11 Å². The van der Waals surface area contributed by atoms with Crippen LogP contribution in [0.25, 0.3) is 0 Å². The first-order valence-corrected chi connectivity index (χ1v) is 5.43. The Morgan fingerprint density at radius 3 is 2.57 bits per heavy atom. The summed E-state index contributed by atoms with van der Waals surface area (Å²) in [6, 6.07) is 0. The average molecular weight is 196 g/mol. The lowest BCUT2D eigenvalue weighted by Gasteiger charge is -2.34. The van der Waals surface area contributed by atoms with Crippen LogP contribution in [0.4, 0.5) is 0 Å². The quantitative estimate of drug-likeness (QED) is 0.510. The predicted molar refractivity (Wildman–Crippen MR) is 57.0 cm³/mol. The fourth-order valence-electron chi connectivity index (χ4n) is 2.27. The predicted octanol–water partition coefficient (Wildman–Crippen LogP) is 3.08. The minimum Gasteiger partial charge on any atom is -0.469 e. The standard InChI is InChI=1S/C12H20O2/c1-3-12(8-5-4-6-9-12)10-7-11(13)14-2/h3H,1,4-10H2,2H3. The van der Waals surface area contributed by atoms with Crippen molar-refractivity contribution in [1.29, 1.82) is 0 Å². The summed E-state index contributed by atoms with van der Waals surface area (Å²) in [5.74, 6) is -0.100. The summed E-state index contributed by atoms with van der Waals surface area (Å²) in [5, 5.41) is 0. The summed E-state index contributed by atoms with van der Waals surface area (Å²) >= 11 is 0. The van der Waals surface area contributed by atoms with E-state index in [-0.39, 0.29) is 11.4 Å². The van der Waals surface area contributed by atoms with Gasteiger partial charge >= 0.3 is 5.97 Å². The van der Waals surface area contributed by atoms with Crippen molar-refractivity contribution < 1.29 is 9.53 Å². The first-order valence-electron chi connectivity index (χ1n) is 5.43. The monoisotopic (exact) mass is 196 g/mol. The number of methoxy groups -OCH3 is 1. The number of hydrogen-bond acceptors (Lipinski definition) is 2. The van der Waals surface area contributed by atoms with E-state index in [1.54, 1.807) is 0 Å². The Labute approximate surface area is 86.3 Å². The van der Waals surface area contributed by atoms with E-state index in [0.717, 1.165) is 6.42 Å². The zero-order valence-corrected chi connectivity index (χ0v) is 9.05. The molecule has 1 aliphatic rings. The number of carbonyl (C=O) groups is 1. The van der Waals surface area contributed by atoms with E-state index in [1.807, 2.05) is 0 Å². The van der Waals surface area contributed by atoms with Gasteiger partial charge in [-0.1, -0.05) is 25.3 Å². The van der Waals surface area contributed by atoms with Crippen LogP contribution in [0.1, 0.15) is 44.9 Å². The molecule has 0 aromatic rings. The first kappa shape index (κ1) is 11.3. The number of ether oxygens (including phenoxy) is 1. The Kier molecular flexibility index (Phi) is 4.18. The van der Waals surface area contributed by atoms with Gasteiger partial charge in [0.05, 0.1) is 7.11 Å². The smallest absolute Gasteiger partial charge is 0.305 e. The third-order valence-corrected chi connectivity index (χ3v) is 3.34. The SMILES string of the molecule is C=CC1(CCC(=O)OC)CCCCC1. The molecule has 2 heteroatoms. The van der Waals surface area contributed by atoms with E-state index in [4.69, 9.17) is 0 Å². The molecular weight excluding hydrogens is 176 g/mol. The van der Waals surface area contributed by atoms with Gasteiger partial charge in [0.25, 0.3) is 0 Å². The van der Waals surface area contributed by atoms with Crippen molar-refractivity contribution in [3.05, 3.63) is 12.7 Å². The summed E-state index contributed by atoms with van der Waals surface area (Å²) in [6.07, 6.45) is 9.73. The van der Waals surface area contributed by atoms with Crippen LogP contribution < -0.4 is 0 Å². The van der Waals surface area contributed by atoms with Gasteiger partial charge in [-0.3, -0.25) is 4.79 Å². The van der Waals surface area contributed by atoms with E-state index in [2.05, 4.69) is 17.4 Å². The molecular formula is C12H20O2. The molecule has 0 N–H and O–H groups in total. The zero-order chi connectivity index (χ0) is 10.4. The van der Waals surface area contributed by atoms with Crippen LogP contribution in [-0.4, -0.2) is 13.1 Å². The molecule has 1 aliphatic carbocycles. The largest absolute Gasteiger partial charge is 0.469 e. The van der Waals surface area contributed by atoms with Gasteiger partial charge in [-0.2, -0.15) is 0 Å². The highest BCUT2D eigenvalue weighted by Gasteiger charge is 2.29. The molecule has 1 fully saturated rings. The highest BCUT2D eigenvalue weighted by atomic mass is 16.5.